The number of ketones is 1. The molecule has 168 valence electrons. The van der Waals surface area contributed by atoms with Crippen LogP contribution in [-0.4, -0.2) is 23.2 Å². The number of carbonyl (C=O) groups is 2. The van der Waals surface area contributed by atoms with E-state index >= 15 is 0 Å². The Bertz CT molecular complexity index is 1150. The van der Waals surface area contributed by atoms with Crippen LogP contribution < -0.4 is 11.1 Å². The second-order valence-electron chi connectivity index (χ2n) is 9.75. The van der Waals surface area contributed by atoms with E-state index in [-0.39, 0.29) is 23.0 Å². The van der Waals surface area contributed by atoms with Crippen LogP contribution in [0.4, 0.5) is 5.82 Å². The molecule has 0 fully saturated rings. The summed E-state index contributed by atoms with van der Waals surface area (Å²) in [5.41, 5.74) is 10.6. The molecule has 1 amide bonds. The summed E-state index contributed by atoms with van der Waals surface area (Å²) in [5.74, 6) is 0.294. The predicted molar refractivity (Wildman–Crippen MR) is 132 cm³/mol. The number of nitrogens with two attached hydrogens (primary N) is 1. The molecule has 32 heavy (non-hydrogen) atoms. The number of nitrogens with one attached hydrogen (secondary N) is 1. The summed E-state index contributed by atoms with van der Waals surface area (Å²) in [6.07, 6.45) is 1.44. The quantitative estimate of drug-likeness (QED) is 0.489. The first-order valence-corrected chi connectivity index (χ1v) is 11.1. The third kappa shape index (κ3) is 5.72. The number of fused-ring (bicyclic) bond motifs is 1. The fourth-order valence-electron chi connectivity index (χ4n) is 3.77. The third-order valence-corrected chi connectivity index (χ3v) is 5.69. The summed E-state index contributed by atoms with van der Waals surface area (Å²) in [5, 5.41) is 3.97. The van der Waals surface area contributed by atoms with Gasteiger partial charge in [0.25, 0.3) is 0 Å². The van der Waals surface area contributed by atoms with E-state index in [1.54, 1.807) is 6.92 Å². The number of hydrogen-bond acceptors (Lipinski definition) is 4. The number of aromatic nitrogens is 1. The second kappa shape index (κ2) is 9.51. The second-order valence-corrected chi connectivity index (χ2v) is 9.75. The molecule has 0 aliphatic carbocycles. The lowest BCUT2D eigenvalue weighted by Crippen LogP contribution is -2.32. The number of benzene rings is 2. The van der Waals surface area contributed by atoms with E-state index in [0.717, 1.165) is 34.0 Å². The zero-order valence-electron chi connectivity index (χ0n) is 19.7. The van der Waals surface area contributed by atoms with Gasteiger partial charge in [-0.2, -0.15) is 0 Å². The van der Waals surface area contributed by atoms with E-state index in [0.29, 0.717) is 24.3 Å². The Balaban J connectivity index is 1.84. The molecule has 5 heteroatoms. The van der Waals surface area contributed by atoms with Crippen molar-refractivity contribution in [1.82, 2.24) is 10.3 Å². The van der Waals surface area contributed by atoms with Crippen molar-refractivity contribution in [1.29, 1.82) is 0 Å². The number of anilines is 1. The van der Waals surface area contributed by atoms with Crippen molar-refractivity contribution < 1.29 is 9.59 Å². The zero-order valence-corrected chi connectivity index (χ0v) is 19.7. The summed E-state index contributed by atoms with van der Waals surface area (Å²) >= 11 is 0. The number of amides is 1. The van der Waals surface area contributed by atoms with Gasteiger partial charge in [0.2, 0.25) is 5.91 Å². The Kier molecular flexibility index (Phi) is 6.97. The lowest BCUT2D eigenvalue weighted by molar-refractivity contribution is -0.124. The molecule has 5 nitrogen and oxygen atoms in total. The first-order chi connectivity index (χ1) is 15.0. The number of nitrogens with zero attached hydrogens (tertiary/aromatic N) is 1. The standard InChI is InChI=1S/C27H33N3O2/c1-17(26(32)29-13-12-27(3,4)5)14-21-16-20-15-19(10-11-24(20)30-25(21)28)23-9-7-6-8-22(23)18(2)31/h6-11,15-17H,12-14H2,1-5H3,(H2,28,30)(H,29,32). The number of rotatable bonds is 7. The molecule has 3 rings (SSSR count). The summed E-state index contributed by atoms with van der Waals surface area (Å²) in [6, 6.07) is 15.5. The van der Waals surface area contributed by atoms with Gasteiger partial charge in [0, 0.05) is 23.4 Å². The molecule has 0 bridgehead atoms. The van der Waals surface area contributed by atoms with Gasteiger partial charge >= 0.3 is 0 Å². The fraction of sp³-hybridized carbons (Fsp3) is 0.370. The highest BCUT2D eigenvalue weighted by Crippen LogP contribution is 2.29. The normalized spacial score (nSPS) is 12.5. The topological polar surface area (TPSA) is 85.1 Å². The highest BCUT2D eigenvalue weighted by molar-refractivity contribution is 6.01. The van der Waals surface area contributed by atoms with E-state index in [1.807, 2.05) is 55.5 Å². The fourth-order valence-corrected chi connectivity index (χ4v) is 3.77. The third-order valence-electron chi connectivity index (χ3n) is 5.69. The average Bonchev–Trinajstić information content (AvgIpc) is 2.73. The Morgan fingerprint density at radius 1 is 1.09 bits per heavy atom. The molecule has 1 unspecified atom stereocenters. The lowest BCUT2D eigenvalue weighted by atomic mass is 9.92. The van der Waals surface area contributed by atoms with Gasteiger partial charge < -0.3 is 11.1 Å². The Morgan fingerprint density at radius 2 is 1.81 bits per heavy atom. The smallest absolute Gasteiger partial charge is 0.223 e. The minimum Gasteiger partial charge on any atom is -0.383 e. The molecule has 0 aliphatic heterocycles. The summed E-state index contributed by atoms with van der Waals surface area (Å²) < 4.78 is 0. The SMILES string of the molecule is CC(=O)c1ccccc1-c1ccc2nc(N)c(CC(C)C(=O)NCCC(C)(C)C)cc2c1. The zero-order chi connectivity index (χ0) is 23.5. The molecule has 3 aromatic rings. The van der Waals surface area contributed by atoms with E-state index in [9.17, 15) is 9.59 Å². The molecule has 0 saturated heterocycles. The molecule has 1 atom stereocenters. The van der Waals surface area contributed by atoms with Gasteiger partial charge in [-0.05, 0) is 60.1 Å². The Labute approximate surface area is 190 Å². The van der Waals surface area contributed by atoms with Crippen LogP contribution in [-0.2, 0) is 11.2 Å². The van der Waals surface area contributed by atoms with Gasteiger partial charge in [-0.1, -0.05) is 58.0 Å². The largest absolute Gasteiger partial charge is 0.383 e. The first kappa shape index (κ1) is 23.5. The number of hydrogen-bond donors (Lipinski definition) is 2. The maximum atomic E-state index is 12.5. The van der Waals surface area contributed by atoms with Crippen LogP contribution in [0.2, 0.25) is 0 Å². The molecular formula is C27H33N3O2. The van der Waals surface area contributed by atoms with Crippen LogP contribution in [0.15, 0.2) is 48.5 Å². The Morgan fingerprint density at radius 3 is 2.50 bits per heavy atom. The molecule has 1 aromatic heterocycles. The van der Waals surface area contributed by atoms with Gasteiger partial charge in [0.15, 0.2) is 5.78 Å². The Hall–Kier alpha value is -3.21. The highest BCUT2D eigenvalue weighted by Gasteiger charge is 2.18. The van der Waals surface area contributed by atoms with Crippen molar-refractivity contribution in [3.8, 4) is 11.1 Å². The molecule has 2 aromatic carbocycles. The van der Waals surface area contributed by atoms with Crippen LogP contribution >= 0.6 is 0 Å². The van der Waals surface area contributed by atoms with Crippen LogP contribution in [0.3, 0.4) is 0 Å². The van der Waals surface area contributed by atoms with Crippen LogP contribution in [0.5, 0.6) is 0 Å². The monoisotopic (exact) mass is 431 g/mol. The van der Waals surface area contributed by atoms with Gasteiger partial charge in [0.05, 0.1) is 5.52 Å². The minimum absolute atomic E-state index is 0.0258. The van der Waals surface area contributed by atoms with Crippen molar-refractivity contribution in [3.63, 3.8) is 0 Å². The van der Waals surface area contributed by atoms with Crippen molar-refractivity contribution in [2.75, 3.05) is 12.3 Å². The molecule has 1 heterocycles. The number of carbonyl (C=O) groups excluding carboxylic acids is 2. The van der Waals surface area contributed by atoms with E-state index in [1.165, 1.54) is 0 Å². The molecule has 0 spiro atoms. The van der Waals surface area contributed by atoms with E-state index in [2.05, 4.69) is 31.1 Å². The average molecular weight is 432 g/mol. The number of pyridine rings is 1. The molecule has 0 saturated carbocycles. The van der Waals surface area contributed by atoms with Gasteiger partial charge in [-0.15, -0.1) is 0 Å². The summed E-state index contributed by atoms with van der Waals surface area (Å²) in [7, 11) is 0. The van der Waals surface area contributed by atoms with Crippen LogP contribution in [0.1, 0.15) is 57.0 Å². The number of nitrogen functional groups attached to an aromatic ring is 1. The lowest BCUT2D eigenvalue weighted by Gasteiger charge is -2.19. The molecular weight excluding hydrogens is 398 g/mol. The summed E-state index contributed by atoms with van der Waals surface area (Å²) in [6.45, 7) is 10.6. The maximum absolute atomic E-state index is 12.5. The highest BCUT2D eigenvalue weighted by atomic mass is 16.1. The van der Waals surface area contributed by atoms with Crippen molar-refractivity contribution in [3.05, 3.63) is 59.7 Å². The van der Waals surface area contributed by atoms with Crippen LogP contribution in [0, 0.1) is 11.3 Å². The van der Waals surface area contributed by atoms with E-state index in [4.69, 9.17) is 5.73 Å². The van der Waals surface area contributed by atoms with Crippen molar-refractivity contribution >= 4 is 28.4 Å². The van der Waals surface area contributed by atoms with E-state index < -0.39 is 0 Å². The number of Topliss-reactive ketones (excluding diaryl/α,β-unsaturated/α-hetero) is 1. The minimum atomic E-state index is -0.210. The first-order valence-electron chi connectivity index (χ1n) is 11.1. The molecule has 3 N–H and O–H groups in total. The van der Waals surface area contributed by atoms with Gasteiger partial charge in [0.1, 0.15) is 5.82 Å². The van der Waals surface area contributed by atoms with Crippen molar-refractivity contribution in [2.45, 2.75) is 47.5 Å². The van der Waals surface area contributed by atoms with Gasteiger partial charge in [-0.25, -0.2) is 4.98 Å². The predicted octanol–water partition coefficient (Wildman–Crippen LogP) is 5.42. The molecule has 0 radical (unpaired) electrons. The van der Waals surface area contributed by atoms with Gasteiger partial charge in [-0.3, -0.25) is 9.59 Å². The van der Waals surface area contributed by atoms with Crippen molar-refractivity contribution in [2.24, 2.45) is 11.3 Å². The molecule has 0 aliphatic rings. The van der Waals surface area contributed by atoms with Crippen LogP contribution in [0.25, 0.3) is 22.0 Å². The summed E-state index contributed by atoms with van der Waals surface area (Å²) in [4.78, 5) is 29.1. The maximum Gasteiger partial charge on any atom is 0.223 e.